The third-order valence-corrected chi connectivity index (χ3v) is 6.40. The molecule has 2 aliphatic heterocycles. The number of halogens is 2. The van der Waals surface area contributed by atoms with Gasteiger partial charge in [-0.25, -0.2) is 12.7 Å². The second-order valence-corrected chi connectivity index (χ2v) is 8.66. The molecule has 0 spiro atoms. The Morgan fingerprint density at radius 1 is 1.10 bits per heavy atom. The Balaban J connectivity index is 1.77. The van der Waals surface area contributed by atoms with E-state index in [9.17, 15) is 8.42 Å². The van der Waals surface area contributed by atoms with Crippen LogP contribution in [-0.4, -0.2) is 37.9 Å². The van der Waals surface area contributed by atoms with Crippen molar-refractivity contribution in [3.63, 3.8) is 0 Å². The molecular formula is C14H18Cl2N2O2S. The van der Waals surface area contributed by atoms with Crippen molar-refractivity contribution in [2.24, 2.45) is 0 Å². The van der Waals surface area contributed by atoms with Crippen LogP contribution in [0.15, 0.2) is 18.2 Å². The summed E-state index contributed by atoms with van der Waals surface area (Å²) in [5.74, 6) is -0.0509. The van der Waals surface area contributed by atoms with Gasteiger partial charge in [0.2, 0.25) is 10.0 Å². The highest BCUT2D eigenvalue weighted by Gasteiger charge is 2.34. The molecular weight excluding hydrogens is 331 g/mol. The fraction of sp³-hybridized carbons (Fsp3) is 0.571. The number of rotatable bonds is 3. The van der Waals surface area contributed by atoms with E-state index in [4.69, 9.17) is 23.2 Å². The summed E-state index contributed by atoms with van der Waals surface area (Å²) in [5.41, 5.74) is 0.634. The fourth-order valence-electron chi connectivity index (χ4n) is 3.16. The average molecular weight is 349 g/mol. The molecule has 2 fully saturated rings. The molecule has 2 unspecified atom stereocenters. The maximum Gasteiger partial charge on any atom is 0.218 e. The van der Waals surface area contributed by atoms with Crippen molar-refractivity contribution in [3.05, 3.63) is 33.8 Å². The van der Waals surface area contributed by atoms with Gasteiger partial charge in [-0.05, 0) is 43.0 Å². The Labute approximate surface area is 135 Å². The fourth-order valence-corrected chi connectivity index (χ4v) is 5.29. The number of nitrogens with one attached hydrogen (secondary N) is 1. The first-order valence-electron chi connectivity index (χ1n) is 7.11. The van der Waals surface area contributed by atoms with E-state index in [0.717, 1.165) is 19.3 Å². The summed E-state index contributed by atoms with van der Waals surface area (Å²) in [6, 6.07) is 5.68. The van der Waals surface area contributed by atoms with Gasteiger partial charge in [-0.15, -0.1) is 0 Å². The van der Waals surface area contributed by atoms with E-state index >= 15 is 0 Å². The molecule has 21 heavy (non-hydrogen) atoms. The van der Waals surface area contributed by atoms with Crippen LogP contribution in [0.4, 0.5) is 0 Å². The number of sulfonamides is 1. The minimum Gasteiger partial charge on any atom is -0.310 e. The molecule has 1 aromatic rings. The summed E-state index contributed by atoms with van der Waals surface area (Å²) >= 11 is 11.9. The molecule has 0 aromatic heterocycles. The van der Waals surface area contributed by atoms with E-state index in [-0.39, 0.29) is 11.8 Å². The van der Waals surface area contributed by atoms with Crippen LogP contribution in [0.3, 0.4) is 0 Å². The van der Waals surface area contributed by atoms with Gasteiger partial charge in [-0.3, -0.25) is 0 Å². The zero-order valence-corrected chi connectivity index (χ0v) is 13.9. The molecule has 0 radical (unpaired) electrons. The lowest BCUT2D eigenvalue weighted by Gasteiger charge is -2.23. The second kappa shape index (κ2) is 6.05. The summed E-state index contributed by atoms with van der Waals surface area (Å²) < 4.78 is 26.8. The van der Waals surface area contributed by atoms with Crippen LogP contribution in [0.25, 0.3) is 0 Å². The Morgan fingerprint density at radius 3 is 2.48 bits per heavy atom. The van der Waals surface area contributed by atoms with E-state index in [1.54, 1.807) is 22.5 Å². The standard InChI is InChI=1S/C14H18Cl2N2O2S/c15-11-5-10(6-12(16)7-11)9-21(19,20)18-4-3-13-1-2-14(8-18)17-13/h5-7,13-14,17H,1-4,8-9H2. The molecule has 7 heteroatoms. The van der Waals surface area contributed by atoms with E-state index < -0.39 is 10.0 Å². The second-order valence-electron chi connectivity index (χ2n) is 5.82. The Bertz CT molecular complexity index is 616. The van der Waals surface area contributed by atoms with Gasteiger partial charge in [0.25, 0.3) is 0 Å². The lowest BCUT2D eigenvalue weighted by Crippen LogP contribution is -2.39. The topological polar surface area (TPSA) is 49.4 Å². The van der Waals surface area contributed by atoms with Crippen LogP contribution < -0.4 is 5.32 Å². The third-order valence-electron chi connectivity index (χ3n) is 4.15. The predicted molar refractivity (Wildman–Crippen MR) is 85.2 cm³/mol. The Morgan fingerprint density at radius 2 is 1.76 bits per heavy atom. The van der Waals surface area contributed by atoms with Crippen molar-refractivity contribution in [3.8, 4) is 0 Å². The molecule has 2 heterocycles. The van der Waals surface area contributed by atoms with Crippen molar-refractivity contribution in [2.75, 3.05) is 13.1 Å². The van der Waals surface area contributed by atoms with E-state index in [0.29, 0.717) is 34.7 Å². The molecule has 0 aliphatic carbocycles. The van der Waals surface area contributed by atoms with E-state index in [1.165, 1.54) is 0 Å². The van der Waals surface area contributed by atoms with Gasteiger partial charge in [0.1, 0.15) is 0 Å². The number of fused-ring (bicyclic) bond motifs is 2. The minimum absolute atomic E-state index is 0.0509. The highest BCUT2D eigenvalue weighted by molar-refractivity contribution is 7.88. The van der Waals surface area contributed by atoms with Crippen LogP contribution in [0.5, 0.6) is 0 Å². The molecule has 116 valence electrons. The summed E-state index contributed by atoms with van der Waals surface area (Å²) in [6.45, 7) is 1.15. The Hall–Kier alpha value is -0.330. The van der Waals surface area contributed by atoms with Gasteiger partial charge in [-0.2, -0.15) is 0 Å². The maximum atomic E-state index is 12.6. The van der Waals surface area contributed by atoms with E-state index in [1.807, 2.05) is 0 Å². The molecule has 0 saturated carbocycles. The van der Waals surface area contributed by atoms with Crippen LogP contribution in [-0.2, 0) is 15.8 Å². The first kappa shape index (κ1) is 15.6. The minimum atomic E-state index is -3.34. The average Bonchev–Trinajstić information content (AvgIpc) is 2.65. The highest BCUT2D eigenvalue weighted by atomic mass is 35.5. The van der Waals surface area contributed by atoms with Crippen LogP contribution >= 0.6 is 23.2 Å². The number of benzene rings is 1. The molecule has 4 nitrogen and oxygen atoms in total. The van der Waals surface area contributed by atoms with Crippen molar-refractivity contribution < 1.29 is 8.42 Å². The molecule has 2 bridgehead atoms. The lowest BCUT2D eigenvalue weighted by molar-refractivity contribution is 0.383. The van der Waals surface area contributed by atoms with Gasteiger partial charge in [-0.1, -0.05) is 23.2 Å². The highest BCUT2D eigenvalue weighted by Crippen LogP contribution is 2.25. The third kappa shape index (κ3) is 3.71. The van der Waals surface area contributed by atoms with Crippen LogP contribution in [0, 0.1) is 0 Å². The van der Waals surface area contributed by atoms with Gasteiger partial charge in [0, 0.05) is 35.2 Å². The molecule has 2 saturated heterocycles. The van der Waals surface area contributed by atoms with E-state index in [2.05, 4.69) is 5.32 Å². The summed E-state index contributed by atoms with van der Waals surface area (Å²) in [6.07, 6.45) is 3.09. The van der Waals surface area contributed by atoms with Gasteiger partial charge < -0.3 is 5.32 Å². The number of hydrogen-bond donors (Lipinski definition) is 1. The van der Waals surface area contributed by atoms with Gasteiger partial charge in [0.15, 0.2) is 0 Å². The monoisotopic (exact) mass is 348 g/mol. The largest absolute Gasteiger partial charge is 0.310 e. The molecule has 1 N–H and O–H groups in total. The zero-order valence-electron chi connectivity index (χ0n) is 11.6. The molecule has 2 aliphatic rings. The van der Waals surface area contributed by atoms with Crippen molar-refractivity contribution >= 4 is 33.2 Å². The molecule has 3 rings (SSSR count). The van der Waals surface area contributed by atoms with Crippen molar-refractivity contribution in [1.29, 1.82) is 0 Å². The SMILES string of the molecule is O=S(=O)(Cc1cc(Cl)cc(Cl)c1)N1CCC2CCC(C1)N2. The maximum absolute atomic E-state index is 12.6. The van der Waals surface area contributed by atoms with Gasteiger partial charge in [0.05, 0.1) is 5.75 Å². The first-order valence-corrected chi connectivity index (χ1v) is 9.48. The number of nitrogens with zero attached hydrogens (tertiary/aromatic N) is 1. The Kier molecular flexibility index (Phi) is 4.48. The van der Waals surface area contributed by atoms with Crippen LogP contribution in [0.1, 0.15) is 24.8 Å². The van der Waals surface area contributed by atoms with Crippen molar-refractivity contribution in [2.45, 2.75) is 37.1 Å². The normalized spacial score (nSPS) is 26.8. The summed E-state index contributed by atoms with van der Waals surface area (Å²) in [4.78, 5) is 0. The zero-order chi connectivity index (χ0) is 15.0. The quantitative estimate of drug-likeness (QED) is 0.913. The number of hydrogen-bond acceptors (Lipinski definition) is 3. The van der Waals surface area contributed by atoms with Gasteiger partial charge >= 0.3 is 0 Å². The lowest BCUT2D eigenvalue weighted by atomic mass is 10.1. The first-order chi connectivity index (χ1) is 9.92. The summed E-state index contributed by atoms with van der Waals surface area (Å²) in [7, 11) is -3.34. The molecule has 0 amide bonds. The van der Waals surface area contributed by atoms with Crippen molar-refractivity contribution in [1.82, 2.24) is 9.62 Å². The summed E-state index contributed by atoms with van der Waals surface area (Å²) in [5, 5.41) is 4.41. The molecule has 2 atom stereocenters. The predicted octanol–water partition coefficient (Wildman–Crippen LogP) is 2.65. The molecule has 1 aromatic carbocycles. The van der Waals surface area contributed by atoms with Crippen LogP contribution in [0.2, 0.25) is 10.0 Å². The smallest absolute Gasteiger partial charge is 0.218 e.